The van der Waals surface area contributed by atoms with Gasteiger partial charge < -0.3 is 54.1 Å². The van der Waals surface area contributed by atoms with Gasteiger partial charge >= 0.3 is 0 Å². The molecule has 7 heterocycles. The molecule has 4 saturated heterocycles. The van der Waals surface area contributed by atoms with E-state index in [-0.39, 0.29) is 35.3 Å². The Morgan fingerprint density at radius 2 is 1.37 bits per heavy atom. The number of amides is 4. The Bertz CT molecular complexity index is 2350. The number of hydrogen-bond acceptors (Lipinski definition) is 10. The summed E-state index contributed by atoms with van der Waals surface area (Å²) in [6.07, 6.45) is 8.12. The number of rotatable bonds is 13. The van der Waals surface area contributed by atoms with Crippen molar-refractivity contribution >= 4 is 40.7 Å². The van der Waals surface area contributed by atoms with Gasteiger partial charge in [-0.2, -0.15) is 0 Å². The molecule has 5 fully saturated rings. The SMILES string of the molecule is C[C@H]1[C@@H](Oc2cccc(C(=O)Nc3cc(C(=O)Nc4cc(C(=O)Nc5cc(C(=O)NCCCN(C)C)n(C)c5)n(C)c4)n(C)c3)c2)O[C@@H]2O[C@]3(C)CC[C@H]4[C@H](C)CC[C@@H]1[C@@]24OO3. The molecule has 4 amide bonds. The van der Waals surface area contributed by atoms with Gasteiger partial charge in [0.2, 0.25) is 12.1 Å². The first-order valence-electron chi connectivity index (χ1n) is 21.4. The molecule has 1 saturated carbocycles. The van der Waals surface area contributed by atoms with Gasteiger partial charge in [-0.05, 0) is 101 Å². The number of nitrogens with one attached hydrogen (secondary N) is 4. The molecule has 1 aromatic carbocycles. The van der Waals surface area contributed by atoms with Gasteiger partial charge in [-0.1, -0.05) is 19.9 Å². The molecule has 3 aromatic heterocycles. The second kappa shape index (κ2) is 17.0. The first kappa shape index (κ1) is 43.2. The van der Waals surface area contributed by atoms with Crippen molar-refractivity contribution in [2.75, 3.05) is 43.1 Å². The second-order valence-corrected chi connectivity index (χ2v) is 17.9. The Kier molecular flexibility index (Phi) is 11.9. The molecule has 4 aliphatic heterocycles. The van der Waals surface area contributed by atoms with Crippen LogP contribution in [0.25, 0.3) is 0 Å². The number of fused-ring (bicyclic) bond motifs is 2. The van der Waals surface area contributed by atoms with E-state index < -0.39 is 35.8 Å². The summed E-state index contributed by atoms with van der Waals surface area (Å²) in [6, 6.07) is 11.7. The van der Waals surface area contributed by atoms with Crippen molar-refractivity contribution in [1.82, 2.24) is 23.9 Å². The molecule has 4 N–H and O–H groups in total. The fourth-order valence-electron chi connectivity index (χ4n) is 9.71. The summed E-state index contributed by atoms with van der Waals surface area (Å²) < 4.78 is 24.4. The molecule has 2 bridgehead atoms. The van der Waals surface area contributed by atoms with Crippen LogP contribution in [0.5, 0.6) is 5.75 Å². The van der Waals surface area contributed by atoms with Gasteiger partial charge in [0.25, 0.3) is 23.6 Å². The lowest BCUT2D eigenvalue weighted by Gasteiger charge is -2.60. The van der Waals surface area contributed by atoms with Crippen LogP contribution in [0.1, 0.15) is 94.7 Å². The predicted molar refractivity (Wildman–Crippen MR) is 230 cm³/mol. The van der Waals surface area contributed by atoms with Crippen LogP contribution < -0.4 is 26.0 Å². The zero-order valence-electron chi connectivity index (χ0n) is 36.7. The standard InChI is InChI=1S/C45H58N8O9/c1-26-13-14-34-27(2)42(59-43-45(34)33(26)15-16-44(3,60-43)61-62-45)58-32-12-9-11-28(19-32)38(54)47-29-21-36(52(7)23-29)40(56)49-31-22-37(53(8)25-31)41(57)48-30-20-35(51(6)24-30)39(55)46-17-10-18-50(4)5/h9,11-12,19-27,33-34,42-43H,10,13-18H2,1-8H3,(H,46,55)(H,47,54)(H,48,57)(H,49,56)/t26-,27-,33+,34+,42+,43-,44+,45-/m1/s1. The zero-order valence-corrected chi connectivity index (χ0v) is 36.7. The van der Waals surface area contributed by atoms with Crippen LogP contribution in [0.15, 0.2) is 61.1 Å². The van der Waals surface area contributed by atoms with Gasteiger partial charge in [0.1, 0.15) is 22.8 Å². The number of aryl methyl sites for hydroxylation is 3. The molecule has 1 aliphatic carbocycles. The monoisotopic (exact) mass is 854 g/mol. The van der Waals surface area contributed by atoms with Gasteiger partial charge in [0.15, 0.2) is 11.9 Å². The number of benzene rings is 1. The normalized spacial score (nSPS) is 27.6. The average molecular weight is 855 g/mol. The van der Waals surface area contributed by atoms with Crippen molar-refractivity contribution in [3.8, 4) is 5.75 Å². The van der Waals surface area contributed by atoms with Crippen molar-refractivity contribution in [2.45, 2.75) is 76.8 Å². The van der Waals surface area contributed by atoms with Gasteiger partial charge in [0.05, 0.1) is 17.1 Å². The minimum Gasteiger partial charge on any atom is -0.465 e. The summed E-state index contributed by atoms with van der Waals surface area (Å²) in [6.45, 7) is 7.67. The van der Waals surface area contributed by atoms with E-state index in [4.69, 9.17) is 24.0 Å². The minimum absolute atomic E-state index is 0.0476. The van der Waals surface area contributed by atoms with E-state index in [1.807, 2.05) is 21.0 Å². The Hall–Kier alpha value is -5.46. The van der Waals surface area contributed by atoms with Gasteiger partial charge in [-0.3, -0.25) is 19.2 Å². The molecule has 9 rings (SSSR count). The average Bonchev–Trinajstić information content (AvgIpc) is 3.85. The first-order chi connectivity index (χ1) is 29.5. The molecule has 4 aromatic rings. The van der Waals surface area contributed by atoms with E-state index in [2.05, 4.69) is 40.0 Å². The van der Waals surface area contributed by atoms with E-state index in [1.165, 1.54) is 0 Å². The smallest absolute Gasteiger partial charge is 0.272 e. The van der Waals surface area contributed by atoms with Crippen molar-refractivity contribution < 1.29 is 43.2 Å². The van der Waals surface area contributed by atoms with Crippen LogP contribution in [-0.4, -0.2) is 93.4 Å². The van der Waals surface area contributed by atoms with Crippen LogP contribution >= 0.6 is 0 Å². The van der Waals surface area contributed by atoms with E-state index in [1.54, 1.807) is 95.9 Å². The van der Waals surface area contributed by atoms with Crippen LogP contribution in [0, 0.1) is 23.7 Å². The topological polar surface area (TPSA) is 181 Å². The molecular formula is C45H58N8O9. The fourth-order valence-corrected chi connectivity index (χ4v) is 9.71. The van der Waals surface area contributed by atoms with Gasteiger partial charge in [-0.25, -0.2) is 9.78 Å². The minimum atomic E-state index is -0.898. The largest absolute Gasteiger partial charge is 0.465 e. The lowest BCUT2D eigenvalue weighted by molar-refractivity contribution is -0.575. The third-order valence-corrected chi connectivity index (χ3v) is 13.0. The van der Waals surface area contributed by atoms with Crippen molar-refractivity contribution in [3.63, 3.8) is 0 Å². The summed E-state index contributed by atoms with van der Waals surface area (Å²) in [5.41, 5.74) is 1.91. The van der Waals surface area contributed by atoms with Crippen LogP contribution in [0.3, 0.4) is 0 Å². The summed E-state index contributed by atoms with van der Waals surface area (Å²) in [7, 11) is 9.09. The highest BCUT2D eigenvalue weighted by Gasteiger charge is 2.69. The zero-order chi connectivity index (χ0) is 44.1. The Balaban J connectivity index is 0.875. The Morgan fingerprint density at radius 3 is 1.98 bits per heavy atom. The molecule has 0 radical (unpaired) electrons. The van der Waals surface area contributed by atoms with Crippen LogP contribution in [0.2, 0.25) is 0 Å². The number of ether oxygens (including phenoxy) is 3. The third kappa shape index (κ3) is 8.39. The third-order valence-electron chi connectivity index (χ3n) is 13.0. The maximum atomic E-state index is 13.6. The Labute approximate surface area is 361 Å². The number of anilines is 3. The van der Waals surface area contributed by atoms with Gasteiger partial charge in [0, 0.05) is 70.1 Å². The molecule has 62 heavy (non-hydrogen) atoms. The summed E-state index contributed by atoms with van der Waals surface area (Å²) in [5, 5.41) is 11.5. The molecule has 8 atom stereocenters. The summed E-state index contributed by atoms with van der Waals surface area (Å²) >= 11 is 0. The predicted octanol–water partition coefficient (Wildman–Crippen LogP) is 5.73. The Morgan fingerprint density at radius 1 is 0.774 bits per heavy atom. The highest BCUT2D eigenvalue weighted by Crippen LogP contribution is 2.60. The van der Waals surface area contributed by atoms with Gasteiger partial charge in [-0.15, -0.1) is 0 Å². The number of hydrogen-bond donors (Lipinski definition) is 4. The van der Waals surface area contributed by atoms with E-state index in [0.29, 0.717) is 58.6 Å². The summed E-state index contributed by atoms with van der Waals surface area (Å²) in [5.74, 6) is -1.18. The van der Waals surface area contributed by atoms with E-state index in [9.17, 15) is 19.2 Å². The lowest BCUT2D eigenvalue weighted by atomic mass is 9.58. The maximum absolute atomic E-state index is 13.6. The number of carbonyl (C=O) groups excluding carboxylic acids is 4. The molecule has 0 unspecified atom stereocenters. The van der Waals surface area contributed by atoms with E-state index >= 15 is 0 Å². The quantitative estimate of drug-likeness (QED) is 0.0959. The highest BCUT2D eigenvalue weighted by atomic mass is 17.3. The molecule has 5 aliphatic rings. The maximum Gasteiger partial charge on any atom is 0.272 e. The number of carbonyl (C=O) groups is 4. The number of nitrogens with zero attached hydrogens (tertiary/aromatic N) is 4. The molecule has 17 nitrogen and oxygen atoms in total. The number of aromatic nitrogens is 3. The van der Waals surface area contributed by atoms with Crippen molar-refractivity contribution in [3.05, 3.63) is 83.7 Å². The van der Waals surface area contributed by atoms with Crippen LogP contribution in [0.4, 0.5) is 17.1 Å². The van der Waals surface area contributed by atoms with Crippen LogP contribution in [-0.2, 0) is 40.4 Å². The van der Waals surface area contributed by atoms with Crippen molar-refractivity contribution in [1.29, 1.82) is 0 Å². The lowest BCUT2D eigenvalue weighted by Crippen LogP contribution is -2.70. The molecule has 332 valence electrons. The van der Waals surface area contributed by atoms with E-state index in [0.717, 1.165) is 32.2 Å². The molecule has 17 heteroatoms. The first-order valence-corrected chi connectivity index (χ1v) is 21.4. The molecule has 1 spiro atoms. The second-order valence-electron chi connectivity index (χ2n) is 17.9. The molecular weight excluding hydrogens is 797 g/mol. The summed E-state index contributed by atoms with van der Waals surface area (Å²) in [4.78, 5) is 67.3. The highest BCUT2D eigenvalue weighted by molar-refractivity contribution is 6.09. The van der Waals surface area contributed by atoms with Crippen molar-refractivity contribution in [2.24, 2.45) is 44.8 Å². The fraction of sp³-hybridized carbons (Fsp3) is 0.511.